The van der Waals surface area contributed by atoms with Crippen LogP contribution in [0.15, 0.2) is 18.2 Å². The van der Waals surface area contributed by atoms with Gasteiger partial charge in [-0.15, -0.1) is 0 Å². The summed E-state index contributed by atoms with van der Waals surface area (Å²) in [4.78, 5) is 0. The molecule has 1 N–H and O–H groups in total. The van der Waals surface area contributed by atoms with Crippen LogP contribution in [-0.2, 0) is 9.84 Å². The molecule has 1 saturated heterocycles. The van der Waals surface area contributed by atoms with E-state index in [4.69, 9.17) is 23.2 Å². The maximum absolute atomic E-state index is 11.7. The van der Waals surface area contributed by atoms with Crippen LogP contribution in [0.2, 0.25) is 10.0 Å². The van der Waals surface area contributed by atoms with Gasteiger partial charge in [-0.1, -0.05) is 36.2 Å². The molecular formula is C14H19Cl2NO2S. The van der Waals surface area contributed by atoms with Gasteiger partial charge < -0.3 is 5.32 Å². The Hall–Kier alpha value is -0.290. The molecule has 0 spiro atoms. The van der Waals surface area contributed by atoms with Crippen molar-refractivity contribution in [3.63, 3.8) is 0 Å². The van der Waals surface area contributed by atoms with Crippen LogP contribution >= 0.6 is 23.2 Å². The molecular weight excluding hydrogens is 317 g/mol. The van der Waals surface area contributed by atoms with Crippen molar-refractivity contribution in [2.45, 2.75) is 38.3 Å². The fourth-order valence-electron chi connectivity index (χ4n) is 2.65. The molecule has 2 rings (SSSR count). The molecule has 6 heteroatoms. The predicted molar refractivity (Wildman–Crippen MR) is 84.3 cm³/mol. The lowest BCUT2D eigenvalue weighted by Gasteiger charge is -2.28. The molecule has 0 radical (unpaired) electrons. The highest BCUT2D eigenvalue weighted by Crippen LogP contribution is 2.29. The van der Waals surface area contributed by atoms with Crippen molar-refractivity contribution >= 4 is 33.0 Å². The SMILES string of the molecule is CCC(NC1CCCS(=O)(=O)C1)c1ccc(Cl)cc1Cl. The Morgan fingerprint density at radius 3 is 2.75 bits per heavy atom. The highest BCUT2D eigenvalue weighted by Gasteiger charge is 2.27. The molecule has 1 fully saturated rings. The average molecular weight is 336 g/mol. The topological polar surface area (TPSA) is 46.2 Å². The zero-order valence-corrected chi connectivity index (χ0v) is 13.7. The highest BCUT2D eigenvalue weighted by molar-refractivity contribution is 7.91. The van der Waals surface area contributed by atoms with Gasteiger partial charge in [0.25, 0.3) is 0 Å². The average Bonchev–Trinajstić information content (AvgIpc) is 2.35. The highest BCUT2D eigenvalue weighted by atomic mass is 35.5. The van der Waals surface area contributed by atoms with Crippen LogP contribution in [0.4, 0.5) is 0 Å². The molecule has 1 aromatic rings. The van der Waals surface area contributed by atoms with Crippen LogP contribution in [-0.4, -0.2) is 26.0 Å². The standard InChI is InChI=1S/C14H19Cl2NO2S/c1-2-14(12-6-5-10(15)8-13(12)16)17-11-4-3-7-20(18,19)9-11/h5-6,8,11,14,17H,2-4,7,9H2,1H3. The van der Waals surface area contributed by atoms with E-state index in [9.17, 15) is 8.42 Å². The zero-order valence-electron chi connectivity index (χ0n) is 11.4. The van der Waals surface area contributed by atoms with Crippen molar-refractivity contribution in [2.75, 3.05) is 11.5 Å². The van der Waals surface area contributed by atoms with Crippen molar-refractivity contribution in [1.29, 1.82) is 0 Å². The minimum Gasteiger partial charge on any atom is -0.306 e. The molecule has 0 amide bonds. The van der Waals surface area contributed by atoms with E-state index in [1.165, 1.54) is 0 Å². The minimum atomic E-state index is -2.90. The van der Waals surface area contributed by atoms with Gasteiger partial charge in [0.05, 0.1) is 11.5 Å². The van der Waals surface area contributed by atoms with Crippen molar-refractivity contribution in [3.8, 4) is 0 Å². The number of hydrogen-bond acceptors (Lipinski definition) is 3. The quantitative estimate of drug-likeness (QED) is 0.914. The number of benzene rings is 1. The Labute approximate surface area is 130 Å². The van der Waals surface area contributed by atoms with E-state index in [2.05, 4.69) is 12.2 Å². The monoisotopic (exact) mass is 335 g/mol. The van der Waals surface area contributed by atoms with Crippen LogP contribution in [0.5, 0.6) is 0 Å². The van der Waals surface area contributed by atoms with Gasteiger partial charge in [0.15, 0.2) is 9.84 Å². The first kappa shape index (κ1) is 16.1. The lowest BCUT2D eigenvalue weighted by molar-refractivity contribution is 0.414. The van der Waals surface area contributed by atoms with E-state index in [0.29, 0.717) is 15.8 Å². The fourth-order valence-corrected chi connectivity index (χ4v) is 4.84. The van der Waals surface area contributed by atoms with Gasteiger partial charge in [-0.2, -0.15) is 0 Å². The summed E-state index contributed by atoms with van der Waals surface area (Å²) in [5, 5.41) is 4.66. The maximum atomic E-state index is 11.7. The summed E-state index contributed by atoms with van der Waals surface area (Å²) in [6.45, 7) is 2.06. The molecule has 0 aromatic heterocycles. The summed E-state index contributed by atoms with van der Waals surface area (Å²) in [5.74, 6) is 0.526. The third-order valence-corrected chi connectivity index (χ3v) is 6.03. The van der Waals surface area contributed by atoms with E-state index in [-0.39, 0.29) is 17.8 Å². The summed E-state index contributed by atoms with van der Waals surface area (Å²) >= 11 is 12.1. The second-order valence-corrected chi connectivity index (χ2v) is 8.32. The Bertz CT molecular complexity index is 575. The van der Waals surface area contributed by atoms with Crippen LogP contribution in [0.1, 0.15) is 37.8 Å². The van der Waals surface area contributed by atoms with E-state index in [0.717, 1.165) is 24.8 Å². The molecule has 112 valence electrons. The molecule has 1 aliphatic rings. The molecule has 3 nitrogen and oxygen atoms in total. The molecule has 1 aromatic carbocycles. The van der Waals surface area contributed by atoms with Crippen molar-refractivity contribution < 1.29 is 8.42 Å². The summed E-state index contributed by atoms with van der Waals surface area (Å²) in [7, 11) is -2.90. The lowest BCUT2D eigenvalue weighted by Crippen LogP contribution is -2.41. The van der Waals surface area contributed by atoms with Gasteiger partial charge >= 0.3 is 0 Å². The molecule has 2 unspecified atom stereocenters. The van der Waals surface area contributed by atoms with E-state index in [1.807, 2.05) is 12.1 Å². The summed E-state index contributed by atoms with van der Waals surface area (Å²) in [6.07, 6.45) is 2.46. The number of nitrogens with one attached hydrogen (secondary N) is 1. The van der Waals surface area contributed by atoms with Gasteiger partial charge in [0, 0.05) is 22.1 Å². The van der Waals surface area contributed by atoms with Crippen LogP contribution < -0.4 is 5.32 Å². The first-order chi connectivity index (χ1) is 9.41. The summed E-state index contributed by atoms with van der Waals surface area (Å²) in [6, 6.07) is 5.50. The van der Waals surface area contributed by atoms with Crippen LogP contribution in [0, 0.1) is 0 Å². The minimum absolute atomic E-state index is 0.00504. The Balaban J connectivity index is 2.12. The molecule has 20 heavy (non-hydrogen) atoms. The Kier molecular flexibility index (Phi) is 5.35. The Morgan fingerprint density at radius 1 is 1.40 bits per heavy atom. The fraction of sp³-hybridized carbons (Fsp3) is 0.571. The van der Waals surface area contributed by atoms with Gasteiger partial charge in [-0.3, -0.25) is 0 Å². The smallest absolute Gasteiger partial charge is 0.151 e. The molecule has 0 aliphatic carbocycles. The Morgan fingerprint density at radius 2 is 2.15 bits per heavy atom. The van der Waals surface area contributed by atoms with E-state index >= 15 is 0 Å². The largest absolute Gasteiger partial charge is 0.306 e. The number of rotatable bonds is 4. The van der Waals surface area contributed by atoms with Crippen molar-refractivity contribution in [2.24, 2.45) is 0 Å². The predicted octanol–water partition coefficient (Wildman–Crippen LogP) is 3.61. The molecule has 0 saturated carbocycles. The third-order valence-electron chi connectivity index (χ3n) is 3.65. The third kappa shape index (κ3) is 4.10. The van der Waals surface area contributed by atoms with E-state index in [1.54, 1.807) is 6.07 Å². The van der Waals surface area contributed by atoms with Gasteiger partial charge in [-0.25, -0.2) is 8.42 Å². The molecule has 0 bridgehead atoms. The van der Waals surface area contributed by atoms with Gasteiger partial charge in [0.1, 0.15) is 0 Å². The summed E-state index contributed by atoms with van der Waals surface area (Å²) in [5.41, 5.74) is 0.974. The molecule has 2 atom stereocenters. The van der Waals surface area contributed by atoms with Crippen LogP contribution in [0.25, 0.3) is 0 Å². The zero-order chi connectivity index (χ0) is 14.8. The first-order valence-corrected chi connectivity index (χ1v) is 9.40. The number of halogens is 2. The molecule has 1 aliphatic heterocycles. The lowest BCUT2D eigenvalue weighted by atomic mass is 10.0. The summed E-state index contributed by atoms with van der Waals surface area (Å²) < 4.78 is 23.4. The van der Waals surface area contributed by atoms with Crippen molar-refractivity contribution in [1.82, 2.24) is 5.32 Å². The maximum Gasteiger partial charge on any atom is 0.151 e. The second-order valence-electron chi connectivity index (χ2n) is 5.25. The first-order valence-electron chi connectivity index (χ1n) is 6.82. The normalized spacial score (nSPS) is 23.4. The second kappa shape index (κ2) is 6.65. The van der Waals surface area contributed by atoms with Gasteiger partial charge in [0.2, 0.25) is 0 Å². The van der Waals surface area contributed by atoms with E-state index < -0.39 is 9.84 Å². The number of sulfone groups is 1. The van der Waals surface area contributed by atoms with Gasteiger partial charge in [-0.05, 0) is 37.0 Å². The van der Waals surface area contributed by atoms with Crippen LogP contribution in [0.3, 0.4) is 0 Å². The molecule has 1 heterocycles. The van der Waals surface area contributed by atoms with Crippen molar-refractivity contribution in [3.05, 3.63) is 33.8 Å². The number of hydrogen-bond donors (Lipinski definition) is 1.